The van der Waals surface area contributed by atoms with Crippen LogP contribution in [0, 0.1) is 0 Å². The molecular weight excluding hydrogens is 181 g/mol. The van der Waals surface area contributed by atoms with Crippen molar-refractivity contribution in [1.82, 2.24) is 15.4 Å². The molecule has 0 spiro atoms. The SMILES string of the molecule is OB(O)c1cccc(-c2c[nH]nn2)c1. The van der Waals surface area contributed by atoms with Crippen LogP contribution in [0.1, 0.15) is 0 Å². The number of aromatic nitrogens is 3. The summed E-state index contributed by atoms with van der Waals surface area (Å²) in [5.74, 6) is 0. The Kier molecular flexibility index (Phi) is 2.30. The van der Waals surface area contributed by atoms with Crippen LogP contribution in [0.25, 0.3) is 11.3 Å². The van der Waals surface area contributed by atoms with Crippen LogP contribution in [0.3, 0.4) is 0 Å². The van der Waals surface area contributed by atoms with Crippen LogP contribution in [-0.4, -0.2) is 32.6 Å². The summed E-state index contributed by atoms with van der Waals surface area (Å²) in [5.41, 5.74) is 1.90. The number of nitrogens with one attached hydrogen (secondary N) is 1. The third kappa shape index (κ3) is 1.66. The van der Waals surface area contributed by atoms with E-state index in [9.17, 15) is 0 Å². The molecule has 0 fully saturated rings. The quantitative estimate of drug-likeness (QED) is 0.537. The number of hydrogen-bond acceptors (Lipinski definition) is 4. The van der Waals surface area contributed by atoms with Crippen molar-refractivity contribution >= 4 is 12.6 Å². The van der Waals surface area contributed by atoms with Crippen LogP contribution in [0.5, 0.6) is 0 Å². The van der Waals surface area contributed by atoms with E-state index in [4.69, 9.17) is 10.0 Å². The minimum Gasteiger partial charge on any atom is -0.423 e. The number of H-pyrrole nitrogens is 1. The summed E-state index contributed by atoms with van der Waals surface area (Å²) in [7, 11) is -1.46. The molecule has 0 saturated carbocycles. The number of nitrogens with zero attached hydrogens (tertiary/aromatic N) is 2. The molecule has 0 bridgehead atoms. The fourth-order valence-corrected chi connectivity index (χ4v) is 1.20. The Bertz CT molecular complexity index is 416. The molecule has 0 atom stereocenters. The van der Waals surface area contributed by atoms with Crippen LogP contribution < -0.4 is 5.46 Å². The summed E-state index contributed by atoms with van der Waals surface area (Å²) in [6, 6.07) is 6.85. The van der Waals surface area contributed by atoms with Crippen molar-refractivity contribution in [2.24, 2.45) is 0 Å². The molecule has 0 saturated heterocycles. The molecule has 70 valence electrons. The lowest BCUT2D eigenvalue weighted by Gasteiger charge is -2.00. The highest BCUT2D eigenvalue weighted by Crippen LogP contribution is 2.12. The second-order valence-corrected chi connectivity index (χ2v) is 2.86. The van der Waals surface area contributed by atoms with E-state index in [0.717, 1.165) is 5.56 Å². The summed E-state index contributed by atoms with van der Waals surface area (Å²) in [5, 5.41) is 27.9. The van der Waals surface area contributed by atoms with Crippen molar-refractivity contribution < 1.29 is 10.0 Å². The van der Waals surface area contributed by atoms with Gasteiger partial charge in [0, 0.05) is 11.8 Å². The first kappa shape index (κ1) is 8.92. The molecule has 1 heterocycles. The van der Waals surface area contributed by atoms with E-state index < -0.39 is 7.12 Å². The third-order valence-corrected chi connectivity index (χ3v) is 1.90. The van der Waals surface area contributed by atoms with Gasteiger partial charge in [-0.1, -0.05) is 29.5 Å². The van der Waals surface area contributed by atoms with E-state index in [-0.39, 0.29) is 0 Å². The lowest BCUT2D eigenvalue weighted by Crippen LogP contribution is -2.29. The molecular formula is C8H8BN3O2. The monoisotopic (exact) mass is 189 g/mol. The van der Waals surface area contributed by atoms with Gasteiger partial charge in [0.25, 0.3) is 0 Å². The van der Waals surface area contributed by atoms with Crippen LogP contribution >= 0.6 is 0 Å². The first-order valence-electron chi connectivity index (χ1n) is 4.10. The fourth-order valence-electron chi connectivity index (χ4n) is 1.20. The molecule has 2 rings (SSSR count). The molecule has 0 aliphatic rings. The van der Waals surface area contributed by atoms with Gasteiger partial charge in [0.15, 0.2) is 0 Å². The van der Waals surface area contributed by atoms with Crippen molar-refractivity contribution in [3.8, 4) is 11.3 Å². The Morgan fingerprint density at radius 2 is 2.14 bits per heavy atom. The molecule has 0 unspecified atom stereocenters. The second kappa shape index (κ2) is 3.61. The van der Waals surface area contributed by atoms with Gasteiger partial charge in [-0.15, -0.1) is 5.10 Å². The highest BCUT2D eigenvalue weighted by molar-refractivity contribution is 6.58. The maximum absolute atomic E-state index is 8.96. The first-order valence-corrected chi connectivity index (χ1v) is 4.10. The average Bonchev–Trinajstić information content (AvgIpc) is 2.71. The van der Waals surface area contributed by atoms with E-state index in [1.807, 2.05) is 6.07 Å². The molecule has 0 aliphatic heterocycles. The highest BCUT2D eigenvalue weighted by Gasteiger charge is 2.11. The molecule has 1 aromatic heterocycles. The average molecular weight is 189 g/mol. The van der Waals surface area contributed by atoms with Gasteiger partial charge in [0.2, 0.25) is 0 Å². The smallest absolute Gasteiger partial charge is 0.423 e. The van der Waals surface area contributed by atoms with E-state index in [2.05, 4.69) is 15.4 Å². The van der Waals surface area contributed by atoms with Crippen LogP contribution in [-0.2, 0) is 0 Å². The number of rotatable bonds is 2. The minimum atomic E-state index is -1.46. The summed E-state index contributed by atoms with van der Waals surface area (Å²) < 4.78 is 0. The van der Waals surface area contributed by atoms with Crippen molar-refractivity contribution in [2.75, 3.05) is 0 Å². The Morgan fingerprint density at radius 3 is 2.79 bits per heavy atom. The molecule has 5 nitrogen and oxygen atoms in total. The standard InChI is InChI=1S/C8H8BN3O2/c13-9(14)7-3-1-2-6(4-7)8-5-10-12-11-8/h1-5,13-14H,(H,10,11,12). The van der Waals surface area contributed by atoms with Crippen LogP contribution in [0.2, 0.25) is 0 Å². The Hall–Kier alpha value is -1.66. The van der Waals surface area contributed by atoms with E-state index >= 15 is 0 Å². The van der Waals surface area contributed by atoms with Gasteiger partial charge in [-0.2, -0.15) is 0 Å². The van der Waals surface area contributed by atoms with E-state index in [1.54, 1.807) is 24.4 Å². The molecule has 2 aromatic rings. The van der Waals surface area contributed by atoms with Gasteiger partial charge in [0.05, 0.1) is 0 Å². The molecule has 1 aromatic carbocycles. The normalized spacial score (nSPS) is 10.1. The van der Waals surface area contributed by atoms with Gasteiger partial charge in [-0.25, -0.2) is 0 Å². The topological polar surface area (TPSA) is 82.0 Å². The van der Waals surface area contributed by atoms with Gasteiger partial charge in [-0.05, 0) is 5.46 Å². The van der Waals surface area contributed by atoms with Gasteiger partial charge in [0.1, 0.15) is 5.69 Å². The Labute approximate surface area is 80.6 Å². The van der Waals surface area contributed by atoms with Crippen molar-refractivity contribution in [2.45, 2.75) is 0 Å². The number of hydrogen-bond donors (Lipinski definition) is 3. The molecule has 0 aliphatic carbocycles. The van der Waals surface area contributed by atoms with Crippen LogP contribution in [0.4, 0.5) is 0 Å². The second-order valence-electron chi connectivity index (χ2n) is 2.86. The van der Waals surface area contributed by atoms with Crippen LogP contribution in [0.15, 0.2) is 30.5 Å². The van der Waals surface area contributed by atoms with Gasteiger partial charge in [-0.3, -0.25) is 5.10 Å². The molecule has 14 heavy (non-hydrogen) atoms. The molecule has 3 N–H and O–H groups in total. The van der Waals surface area contributed by atoms with Crippen molar-refractivity contribution in [3.63, 3.8) is 0 Å². The molecule has 0 radical (unpaired) electrons. The lowest BCUT2D eigenvalue weighted by atomic mass is 9.79. The predicted molar refractivity (Wildman–Crippen MR) is 51.6 cm³/mol. The number of aromatic amines is 1. The summed E-state index contributed by atoms with van der Waals surface area (Å²) >= 11 is 0. The summed E-state index contributed by atoms with van der Waals surface area (Å²) in [4.78, 5) is 0. The van der Waals surface area contributed by atoms with Gasteiger partial charge >= 0.3 is 7.12 Å². The van der Waals surface area contributed by atoms with Crippen molar-refractivity contribution in [3.05, 3.63) is 30.5 Å². The molecule has 0 amide bonds. The highest BCUT2D eigenvalue weighted by atomic mass is 16.4. The number of benzene rings is 1. The van der Waals surface area contributed by atoms with E-state index in [0.29, 0.717) is 11.2 Å². The minimum absolute atomic E-state index is 0.436. The maximum atomic E-state index is 8.96. The van der Waals surface area contributed by atoms with Gasteiger partial charge < -0.3 is 10.0 Å². The van der Waals surface area contributed by atoms with E-state index in [1.165, 1.54) is 0 Å². The zero-order valence-corrected chi connectivity index (χ0v) is 7.25. The van der Waals surface area contributed by atoms with Crippen molar-refractivity contribution in [1.29, 1.82) is 0 Å². The Morgan fingerprint density at radius 1 is 1.29 bits per heavy atom. The fraction of sp³-hybridized carbons (Fsp3) is 0. The Balaban J connectivity index is 2.41. The largest absolute Gasteiger partial charge is 0.488 e. The first-order chi connectivity index (χ1) is 6.77. The summed E-state index contributed by atoms with van der Waals surface area (Å²) in [6.07, 6.45) is 1.64. The third-order valence-electron chi connectivity index (χ3n) is 1.90. The zero-order valence-electron chi connectivity index (χ0n) is 7.25. The summed E-state index contributed by atoms with van der Waals surface area (Å²) in [6.45, 7) is 0. The maximum Gasteiger partial charge on any atom is 0.488 e. The zero-order chi connectivity index (χ0) is 9.97. The lowest BCUT2D eigenvalue weighted by molar-refractivity contribution is 0.426. The molecule has 6 heteroatoms. The predicted octanol–water partition coefficient (Wildman–Crippen LogP) is -0.849.